The number of Topliss-reactive ketones (excluding diaryl/α,β-unsaturated/α-hetero) is 1. The summed E-state index contributed by atoms with van der Waals surface area (Å²) >= 11 is 0. The molecule has 3 saturated carbocycles. The average molecular weight is 1400 g/mol. The van der Waals surface area contributed by atoms with E-state index in [1.54, 1.807) is 41.1 Å². The first-order chi connectivity index (χ1) is 46.5. The molecule has 29 heteroatoms. The fourth-order valence-electron chi connectivity index (χ4n) is 17.8. The third kappa shape index (κ3) is 14.1. The molecule has 0 radical (unpaired) electrons. The van der Waals surface area contributed by atoms with Crippen LogP contribution in [0.15, 0.2) is 48.1 Å². The molecule has 34 unspecified atom stereocenters. The topological polar surface area (TPSA) is 404 Å². The number of aliphatic hydroxyl groups is 11. The summed E-state index contributed by atoms with van der Waals surface area (Å²) in [4.78, 5) is 27.1. The third-order valence-electron chi connectivity index (χ3n) is 23.5. The third-order valence-corrected chi connectivity index (χ3v) is 23.5. The van der Waals surface area contributed by atoms with Gasteiger partial charge in [0.1, 0.15) is 96.2 Å². The van der Waals surface area contributed by atoms with E-state index in [0.717, 1.165) is 11.1 Å². The highest BCUT2D eigenvalue weighted by Gasteiger charge is 2.81. The highest BCUT2D eigenvalue weighted by molar-refractivity contribution is 5.89. The van der Waals surface area contributed by atoms with Gasteiger partial charge in [0.15, 0.2) is 43.5 Å². The van der Waals surface area contributed by atoms with Gasteiger partial charge in [-0.1, -0.05) is 48.9 Å². The maximum atomic E-state index is 13.7. The molecule has 1 aromatic rings. The van der Waals surface area contributed by atoms with Crippen LogP contribution >= 0.6 is 0 Å². The molecule has 11 rings (SSSR count). The first kappa shape index (κ1) is 75.9. The number of carbonyl (C=O) groups is 2. The van der Waals surface area contributed by atoms with Gasteiger partial charge in [-0.2, -0.15) is 0 Å². The fourth-order valence-corrected chi connectivity index (χ4v) is 17.8. The van der Waals surface area contributed by atoms with E-state index in [0.29, 0.717) is 25.7 Å². The summed E-state index contributed by atoms with van der Waals surface area (Å²) in [5.41, 5.74) is -6.48. The van der Waals surface area contributed by atoms with Gasteiger partial charge in [-0.05, 0) is 104 Å². The Labute approximate surface area is 570 Å². The summed E-state index contributed by atoms with van der Waals surface area (Å²) < 4.78 is 99.3. The number of ether oxygens (including phenoxy) is 16. The molecule has 0 amide bonds. The van der Waals surface area contributed by atoms with Crippen molar-refractivity contribution >= 4 is 17.8 Å². The molecule has 98 heavy (non-hydrogen) atoms. The van der Waals surface area contributed by atoms with E-state index < -0.39 is 224 Å². The maximum absolute atomic E-state index is 13.7. The van der Waals surface area contributed by atoms with E-state index in [4.69, 9.17) is 75.8 Å². The molecule has 0 spiro atoms. The summed E-state index contributed by atoms with van der Waals surface area (Å²) in [6.07, 6.45) is -22.5. The zero-order valence-electron chi connectivity index (χ0n) is 57.3. The molecule has 34 atom stereocenters. The number of fused-ring (bicyclic) bond motifs is 5. The highest BCUT2D eigenvalue weighted by atomic mass is 16.8. The van der Waals surface area contributed by atoms with E-state index >= 15 is 0 Å². The largest absolute Gasteiger partial charge is 0.458 e. The van der Waals surface area contributed by atoms with Crippen LogP contribution in [0.3, 0.4) is 0 Å². The summed E-state index contributed by atoms with van der Waals surface area (Å²) in [6, 6.07) is 9.23. The predicted octanol–water partition coefficient (Wildman–Crippen LogP) is 0.230. The van der Waals surface area contributed by atoms with Crippen molar-refractivity contribution in [1.82, 2.24) is 0 Å². The number of benzene rings is 1. The van der Waals surface area contributed by atoms with E-state index in [2.05, 4.69) is 6.92 Å². The van der Waals surface area contributed by atoms with Crippen molar-refractivity contribution in [3.05, 3.63) is 53.6 Å². The SMILES string of the molecule is COC1CC(OC2C(C)OC(OC3CCC4(C)C(=CCC5(O)C4CC(OC(=O)C=Cc4ccccc4)C4(C)C(O)(C(C)=O)CCC54O)C3)CC2OC)OC(C)C1OC1CC(O)C(OC2CC(OC)C(OC3OC(CO)C(OC4OC(CO)C(O)C(O)C4O)C(O)C3O)C(C)O2)C(C)O1. The van der Waals surface area contributed by atoms with Crippen molar-refractivity contribution < 1.29 is 142 Å². The molecule has 10 aliphatic rings. The molecular formula is C69H104O29. The van der Waals surface area contributed by atoms with Crippen LogP contribution < -0.4 is 0 Å². The summed E-state index contributed by atoms with van der Waals surface area (Å²) in [6.45, 7) is 10.5. The lowest BCUT2D eigenvalue weighted by molar-refractivity contribution is -0.376. The van der Waals surface area contributed by atoms with Gasteiger partial charge in [0.25, 0.3) is 0 Å². The molecule has 4 aliphatic carbocycles. The molecule has 0 aromatic heterocycles. The van der Waals surface area contributed by atoms with Gasteiger partial charge in [0.2, 0.25) is 0 Å². The molecule has 554 valence electrons. The number of aliphatic hydroxyl groups excluding tert-OH is 8. The lowest BCUT2D eigenvalue weighted by Crippen LogP contribution is -2.78. The Morgan fingerprint density at radius 2 is 1.07 bits per heavy atom. The number of methoxy groups -OCH3 is 3. The Morgan fingerprint density at radius 1 is 0.571 bits per heavy atom. The quantitative estimate of drug-likeness (QED) is 0.0446. The molecule has 6 heterocycles. The van der Waals surface area contributed by atoms with E-state index in [9.17, 15) is 65.8 Å². The average Bonchev–Trinajstić information content (AvgIpc) is 1.40. The molecule has 9 fully saturated rings. The van der Waals surface area contributed by atoms with Crippen LogP contribution in [0.5, 0.6) is 0 Å². The number of carbonyl (C=O) groups excluding carboxylic acids is 2. The van der Waals surface area contributed by atoms with E-state index in [-0.39, 0.29) is 51.0 Å². The van der Waals surface area contributed by atoms with Crippen LogP contribution in [0.4, 0.5) is 0 Å². The van der Waals surface area contributed by atoms with Gasteiger partial charge < -0.3 is 132 Å². The first-order valence-corrected chi connectivity index (χ1v) is 34.5. The molecule has 0 bridgehead atoms. The zero-order chi connectivity index (χ0) is 70.7. The lowest BCUT2D eigenvalue weighted by Gasteiger charge is -2.67. The van der Waals surface area contributed by atoms with Crippen molar-refractivity contribution in [2.45, 2.75) is 308 Å². The molecule has 1 aromatic carbocycles. The normalized spacial score (nSPS) is 49.8. The molecular weight excluding hydrogens is 1290 g/mol. The fraction of sp³-hybridized carbons (Fsp3) is 0.826. The highest BCUT2D eigenvalue weighted by Crippen LogP contribution is 2.71. The summed E-state index contributed by atoms with van der Waals surface area (Å²) in [7, 11) is 4.61. The minimum Gasteiger partial charge on any atom is -0.458 e. The van der Waals surface area contributed by atoms with Gasteiger partial charge >= 0.3 is 5.97 Å². The summed E-state index contributed by atoms with van der Waals surface area (Å²) in [5, 5.41) is 123. The van der Waals surface area contributed by atoms with Gasteiger partial charge in [-0.25, -0.2) is 4.79 Å². The smallest absolute Gasteiger partial charge is 0.331 e. The number of hydrogen-bond acceptors (Lipinski definition) is 29. The number of ketones is 1. The van der Waals surface area contributed by atoms with Crippen LogP contribution in [-0.4, -0.2) is 291 Å². The van der Waals surface area contributed by atoms with Crippen molar-refractivity contribution in [2.75, 3.05) is 34.5 Å². The Balaban J connectivity index is 0.652. The Hall–Kier alpha value is -3.20. The minimum atomic E-state index is -2.08. The molecule has 6 saturated heterocycles. The van der Waals surface area contributed by atoms with Crippen LogP contribution in [0.1, 0.15) is 125 Å². The minimum absolute atomic E-state index is 0.00635. The number of rotatable bonds is 21. The second kappa shape index (κ2) is 30.5. The molecule has 29 nitrogen and oxygen atoms in total. The standard InChI is InChI=1S/C69H104O29/c1-32-58(94-51-28-43(85-10)61(35(4)89-51)97-64-57(79)55(77)62(45(31-71)92-64)98-63-56(78)54(76)53(75)44(30-70)91-63)40(73)25-49(86-32)95-59-34(3)88-52(27-42(59)84-9)96-60-33(2)87-50(26-41(60)83-8)90-39-19-20-65(6)38(24-39)18-21-68(81)46(65)29-47(93-48(74)17-16-37-14-12-11-13-15-37)66(7)67(80,36(5)72)22-23-69(66,68)82/h11-18,32-35,39-47,49-64,70-71,73,75-82H,19-31H2,1-10H3. The second-order valence-corrected chi connectivity index (χ2v) is 29.0. The predicted molar refractivity (Wildman–Crippen MR) is 336 cm³/mol. The second-order valence-electron chi connectivity index (χ2n) is 29.0. The van der Waals surface area contributed by atoms with Crippen LogP contribution in [0.25, 0.3) is 6.08 Å². The monoisotopic (exact) mass is 1400 g/mol. The first-order valence-electron chi connectivity index (χ1n) is 34.5. The van der Waals surface area contributed by atoms with Gasteiger partial charge in [-0.3, -0.25) is 4.79 Å². The Bertz CT molecular complexity index is 2900. The van der Waals surface area contributed by atoms with Crippen molar-refractivity contribution in [3.63, 3.8) is 0 Å². The van der Waals surface area contributed by atoms with Crippen molar-refractivity contribution in [3.8, 4) is 0 Å². The van der Waals surface area contributed by atoms with Gasteiger partial charge in [0.05, 0.1) is 73.6 Å². The van der Waals surface area contributed by atoms with Gasteiger partial charge in [0, 0.05) is 59.0 Å². The Morgan fingerprint density at radius 3 is 1.61 bits per heavy atom. The van der Waals surface area contributed by atoms with Crippen molar-refractivity contribution in [2.24, 2.45) is 16.7 Å². The van der Waals surface area contributed by atoms with Crippen molar-refractivity contribution in [1.29, 1.82) is 0 Å². The lowest BCUT2D eigenvalue weighted by atomic mass is 9.42. The van der Waals surface area contributed by atoms with E-state index in [1.165, 1.54) is 20.1 Å². The van der Waals surface area contributed by atoms with Crippen LogP contribution in [0, 0.1) is 16.7 Å². The van der Waals surface area contributed by atoms with E-state index in [1.807, 2.05) is 50.3 Å². The maximum Gasteiger partial charge on any atom is 0.331 e. The number of esters is 1. The van der Waals surface area contributed by atoms with Crippen LogP contribution in [-0.2, 0) is 85.4 Å². The Kier molecular flexibility index (Phi) is 23.6. The van der Waals surface area contributed by atoms with Gasteiger partial charge in [-0.15, -0.1) is 0 Å². The molecule has 11 N–H and O–H groups in total. The number of hydrogen-bond donors (Lipinski definition) is 11. The zero-order valence-corrected chi connectivity index (χ0v) is 57.3. The summed E-state index contributed by atoms with van der Waals surface area (Å²) in [5.74, 6) is -1.89. The van der Waals surface area contributed by atoms with Crippen LogP contribution in [0.2, 0.25) is 0 Å². The molecule has 6 aliphatic heterocycles.